The first kappa shape index (κ1) is 14.5. The van der Waals surface area contributed by atoms with Gasteiger partial charge in [0.15, 0.2) is 0 Å². The van der Waals surface area contributed by atoms with Crippen molar-refractivity contribution in [2.24, 2.45) is 0 Å². The maximum absolute atomic E-state index is 12.1. The molecule has 0 radical (unpaired) electrons. The van der Waals surface area contributed by atoms with Crippen LogP contribution in [0.1, 0.15) is 25.7 Å². The quantitative estimate of drug-likeness (QED) is 0.427. The number of nitrogens with zero attached hydrogens (tertiary/aromatic N) is 2. The minimum atomic E-state index is -4.76. The maximum Gasteiger partial charge on any atom is 0.418 e. The number of hydrazine groups is 1. The molecule has 3 aliphatic rings. The monoisotopic (exact) mass is 320 g/mol. The lowest BCUT2D eigenvalue weighted by Crippen LogP contribution is -2.53. The molecule has 118 valence electrons. The molecule has 2 atom stereocenters. The minimum Gasteiger partial charge on any atom is -0.309 e. The van der Waals surface area contributed by atoms with E-state index in [-0.39, 0.29) is 12.5 Å². The van der Waals surface area contributed by atoms with Crippen LogP contribution in [0.3, 0.4) is 0 Å². The van der Waals surface area contributed by atoms with Gasteiger partial charge in [-0.3, -0.25) is 14.8 Å². The first-order valence-electron chi connectivity index (χ1n) is 6.67. The molecule has 10 nitrogen and oxygen atoms in total. The van der Waals surface area contributed by atoms with Gasteiger partial charge in [0.1, 0.15) is 6.04 Å². The van der Waals surface area contributed by atoms with Crippen molar-refractivity contribution in [3.05, 3.63) is 0 Å². The van der Waals surface area contributed by atoms with Gasteiger partial charge in [-0.15, -0.1) is 4.28 Å². The van der Waals surface area contributed by atoms with Crippen molar-refractivity contribution in [2.75, 3.05) is 6.54 Å². The lowest BCUT2D eigenvalue weighted by atomic mass is 10.0. The minimum absolute atomic E-state index is 0.190. The average molecular weight is 320 g/mol. The molecule has 2 heterocycles. The first-order chi connectivity index (χ1) is 9.85. The summed E-state index contributed by atoms with van der Waals surface area (Å²) in [7, 11) is -4.76. The molecule has 0 spiro atoms. The van der Waals surface area contributed by atoms with Crippen LogP contribution < -0.4 is 10.9 Å². The summed E-state index contributed by atoms with van der Waals surface area (Å²) in [4.78, 5) is 25.4. The van der Waals surface area contributed by atoms with Crippen LogP contribution in [0.15, 0.2) is 0 Å². The molecule has 2 aliphatic heterocycles. The van der Waals surface area contributed by atoms with Crippen molar-refractivity contribution < 1.29 is 26.8 Å². The second kappa shape index (κ2) is 5.09. The molecule has 21 heavy (non-hydrogen) atoms. The van der Waals surface area contributed by atoms with Gasteiger partial charge < -0.3 is 4.90 Å². The third-order valence-electron chi connectivity index (χ3n) is 3.78. The molecule has 11 heteroatoms. The molecule has 1 saturated carbocycles. The highest BCUT2D eigenvalue weighted by Crippen LogP contribution is 2.30. The second-order valence-corrected chi connectivity index (χ2v) is 6.42. The fourth-order valence-corrected chi connectivity index (χ4v) is 2.98. The Labute approximate surface area is 121 Å². The fourth-order valence-electron chi connectivity index (χ4n) is 2.59. The van der Waals surface area contributed by atoms with E-state index in [1.807, 2.05) is 0 Å². The molecule has 0 aromatic rings. The van der Waals surface area contributed by atoms with E-state index in [4.69, 9.17) is 4.55 Å². The van der Waals surface area contributed by atoms with Crippen LogP contribution in [0, 0.1) is 0 Å². The molecule has 0 aromatic heterocycles. The van der Waals surface area contributed by atoms with Crippen LogP contribution in [0.5, 0.6) is 0 Å². The van der Waals surface area contributed by atoms with E-state index in [9.17, 15) is 18.0 Å². The van der Waals surface area contributed by atoms with E-state index in [0.717, 1.165) is 12.8 Å². The van der Waals surface area contributed by atoms with Gasteiger partial charge in [0.25, 0.3) is 5.91 Å². The fraction of sp³-hybridized carbons (Fsp3) is 0.800. The van der Waals surface area contributed by atoms with Crippen molar-refractivity contribution in [2.45, 2.75) is 43.8 Å². The second-order valence-electron chi connectivity index (χ2n) is 5.42. The van der Waals surface area contributed by atoms with Crippen molar-refractivity contribution in [3.8, 4) is 0 Å². The standard InChI is InChI=1S/C10H16N4O6S/c15-9(12-11-6-1-2-6)8-4-3-7-5-13(8)10(16)14(7)20-21(17,18)19/h6-8,11H,1-5H2,(H,12,15)(H,17,18,19)/t7-,8+/m1/s1. The molecule has 3 rings (SSSR count). The van der Waals surface area contributed by atoms with Crippen LogP contribution in [0.2, 0.25) is 0 Å². The number of hydroxylamine groups is 2. The lowest BCUT2D eigenvalue weighted by molar-refractivity contribution is -0.127. The van der Waals surface area contributed by atoms with E-state index in [1.54, 1.807) is 0 Å². The van der Waals surface area contributed by atoms with Gasteiger partial charge >= 0.3 is 16.4 Å². The molecule has 2 saturated heterocycles. The van der Waals surface area contributed by atoms with Crippen molar-refractivity contribution >= 4 is 22.3 Å². The molecule has 2 bridgehead atoms. The zero-order valence-electron chi connectivity index (χ0n) is 11.1. The summed E-state index contributed by atoms with van der Waals surface area (Å²) >= 11 is 0. The van der Waals surface area contributed by atoms with Crippen LogP contribution in [0.4, 0.5) is 4.79 Å². The van der Waals surface area contributed by atoms with Crippen LogP contribution >= 0.6 is 0 Å². The van der Waals surface area contributed by atoms with E-state index < -0.39 is 28.5 Å². The zero-order chi connectivity index (χ0) is 15.2. The number of rotatable bonds is 5. The average Bonchev–Trinajstić information content (AvgIpc) is 3.20. The summed E-state index contributed by atoms with van der Waals surface area (Å²) in [5.74, 6) is -0.331. The molecule has 0 unspecified atom stereocenters. The Morgan fingerprint density at radius 2 is 2.00 bits per heavy atom. The topological polar surface area (TPSA) is 128 Å². The third-order valence-corrected chi connectivity index (χ3v) is 4.13. The lowest BCUT2D eigenvalue weighted by Gasteiger charge is -2.29. The third kappa shape index (κ3) is 3.10. The number of hydrogen-bond acceptors (Lipinski definition) is 6. The largest absolute Gasteiger partial charge is 0.418 e. The van der Waals surface area contributed by atoms with E-state index in [1.165, 1.54) is 4.90 Å². The first-order valence-corrected chi connectivity index (χ1v) is 8.04. The predicted octanol–water partition coefficient (Wildman–Crippen LogP) is -1.23. The summed E-state index contributed by atoms with van der Waals surface area (Å²) < 4.78 is 34.5. The molecular weight excluding hydrogens is 304 g/mol. The summed E-state index contributed by atoms with van der Waals surface area (Å²) in [6, 6.07) is -1.60. The predicted molar refractivity (Wildman–Crippen MR) is 67.7 cm³/mol. The number of carbonyl (C=O) groups excluding carboxylic acids is 2. The number of hydrogen-bond donors (Lipinski definition) is 3. The number of nitrogens with one attached hydrogen (secondary N) is 2. The van der Waals surface area contributed by atoms with E-state index in [2.05, 4.69) is 15.1 Å². The smallest absolute Gasteiger partial charge is 0.309 e. The molecule has 0 aromatic carbocycles. The van der Waals surface area contributed by atoms with E-state index >= 15 is 0 Å². The molecule has 3 amide bonds. The zero-order valence-corrected chi connectivity index (χ0v) is 11.9. The van der Waals surface area contributed by atoms with E-state index in [0.29, 0.717) is 23.9 Å². The molecular formula is C10H16N4O6S. The maximum atomic E-state index is 12.1. The van der Waals surface area contributed by atoms with Crippen LogP contribution in [-0.4, -0.2) is 59.5 Å². The highest BCUT2D eigenvalue weighted by molar-refractivity contribution is 7.80. The van der Waals surface area contributed by atoms with Gasteiger partial charge in [-0.25, -0.2) is 10.2 Å². The Balaban J connectivity index is 1.65. The van der Waals surface area contributed by atoms with Gasteiger partial charge in [0, 0.05) is 12.6 Å². The number of urea groups is 1. The summed E-state index contributed by atoms with van der Waals surface area (Å²) in [6.07, 6.45) is 2.83. The van der Waals surface area contributed by atoms with Crippen LogP contribution in [-0.2, 0) is 19.5 Å². The van der Waals surface area contributed by atoms with Gasteiger partial charge in [-0.1, -0.05) is 0 Å². The number of amides is 3. The van der Waals surface area contributed by atoms with Crippen molar-refractivity contribution in [1.29, 1.82) is 0 Å². The van der Waals surface area contributed by atoms with Crippen molar-refractivity contribution in [1.82, 2.24) is 20.8 Å². The summed E-state index contributed by atoms with van der Waals surface area (Å²) in [6.45, 7) is 0.190. The normalized spacial score (nSPS) is 28.9. The Bertz CT molecular complexity index is 562. The highest BCUT2D eigenvalue weighted by atomic mass is 32.3. The molecule has 3 N–H and O–H groups in total. The van der Waals surface area contributed by atoms with Crippen molar-refractivity contribution in [3.63, 3.8) is 0 Å². The SMILES string of the molecule is O=C(NNC1CC1)[C@@H]1CC[C@@H]2CN1C(=O)N2OS(=O)(=O)O. The summed E-state index contributed by atoms with van der Waals surface area (Å²) in [5.41, 5.74) is 5.43. The Hall–Kier alpha value is -1.43. The number of carbonyl (C=O) groups is 2. The molecule has 1 aliphatic carbocycles. The van der Waals surface area contributed by atoms with Gasteiger partial charge in [0.05, 0.1) is 6.04 Å². The number of piperidine rings is 1. The Morgan fingerprint density at radius 1 is 1.29 bits per heavy atom. The van der Waals surface area contributed by atoms with Gasteiger partial charge in [-0.05, 0) is 25.7 Å². The van der Waals surface area contributed by atoms with Gasteiger partial charge in [0.2, 0.25) is 0 Å². The Kier molecular flexibility index (Phi) is 3.51. The number of fused-ring (bicyclic) bond motifs is 2. The Morgan fingerprint density at radius 3 is 2.62 bits per heavy atom. The summed E-state index contributed by atoms with van der Waals surface area (Å²) in [5, 5.41) is 0.622. The molecule has 3 fully saturated rings. The van der Waals surface area contributed by atoms with Crippen LogP contribution in [0.25, 0.3) is 0 Å². The van der Waals surface area contributed by atoms with Gasteiger partial charge in [-0.2, -0.15) is 13.5 Å². The highest BCUT2D eigenvalue weighted by Gasteiger charge is 2.49.